The highest BCUT2D eigenvalue weighted by atomic mass is 79.9. The lowest BCUT2D eigenvalue weighted by molar-refractivity contribution is 0.0516. The fraction of sp³-hybridized carbons (Fsp3) is 0.310. The molecule has 12 heteroatoms. The molecule has 1 atom stereocenters. The van der Waals surface area contributed by atoms with Crippen molar-refractivity contribution < 1.29 is 24.5 Å². The zero-order valence-electron chi connectivity index (χ0n) is 22.3. The smallest absolute Gasteiger partial charge is 0.261 e. The number of likely N-dealkylation sites (tertiary alicyclic amines) is 1. The minimum Gasteiger partial charge on any atom is -0.493 e. The quantitative estimate of drug-likeness (QED) is 0.217. The largest absolute Gasteiger partial charge is 0.493 e. The molecular weight excluding hydrogens is 592 g/mol. The molecule has 2 aromatic heterocycles. The van der Waals surface area contributed by atoms with E-state index < -0.39 is 6.10 Å². The lowest BCUT2D eigenvalue weighted by Crippen LogP contribution is -2.46. The van der Waals surface area contributed by atoms with E-state index in [1.54, 1.807) is 24.3 Å². The van der Waals surface area contributed by atoms with Gasteiger partial charge in [-0.3, -0.25) is 14.5 Å². The second-order valence-corrected chi connectivity index (χ2v) is 11.3. The summed E-state index contributed by atoms with van der Waals surface area (Å²) < 4.78 is 6.54. The molecule has 2 aliphatic heterocycles. The van der Waals surface area contributed by atoms with Crippen molar-refractivity contribution in [3.63, 3.8) is 0 Å². The van der Waals surface area contributed by atoms with Crippen LogP contribution in [0.2, 0.25) is 0 Å². The van der Waals surface area contributed by atoms with Gasteiger partial charge in [-0.25, -0.2) is 9.97 Å². The van der Waals surface area contributed by atoms with Crippen molar-refractivity contribution in [2.45, 2.75) is 25.0 Å². The van der Waals surface area contributed by atoms with Crippen LogP contribution < -0.4 is 10.1 Å². The van der Waals surface area contributed by atoms with E-state index in [9.17, 15) is 19.8 Å². The number of imide groups is 1. The van der Waals surface area contributed by atoms with E-state index in [1.807, 2.05) is 25.2 Å². The van der Waals surface area contributed by atoms with Gasteiger partial charge in [-0.15, -0.1) is 0 Å². The van der Waals surface area contributed by atoms with E-state index in [0.717, 1.165) is 30.4 Å². The van der Waals surface area contributed by atoms with E-state index in [2.05, 4.69) is 41.1 Å². The number of H-pyrrole nitrogens is 1. The SMILES string of the molecule is CN1CCC(N2C(=O)c3cc4nc(-c5c(NC[C@@H](O)COc6cccc(Br)c6)ccnc5O)[nH]c4cc3C2=O)CC1. The number of nitrogens with zero attached hydrogens (tertiary/aromatic N) is 4. The van der Waals surface area contributed by atoms with Crippen LogP contribution in [-0.2, 0) is 0 Å². The van der Waals surface area contributed by atoms with E-state index in [-0.39, 0.29) is 36.9 Å². The van der Waals surface area contributed by atoms with Crippen LogP contribution in [0.5, 0.6) is 11.6 Å². The minimum absolute atomic E-state index is 0.0582. The number of amides is 2. The van der Waals surface area contributed by atoms with Gasteiger partial charge in [0.15, 0.2) is 0 Å². The first kappa shape index (κ1) is 27.2. The first-order valence-corrected chi connectivity index (χ1v) is 14.2. The first-order chi connectivity index (χ1) is 19.8. The van der Waals surface area contributed by atoms with Gasteiger partial charge in [0.2, 0.25) is 5.88 Å². The normalized spacial score (nSPS) is 16.8. The first-order valence-electron chi connectivity index (χ1n) is 13.4. The molecule has 0 spiro atoms. The predicted octanol–water partition coefficient (Wildman–Crippen LogP) is 3.64. The Bertz CT molecular complexity index is 1580. The molecule has 0 radical (unpaired) electrons. The van der Waals surface area contributed by atoms with Crippen LogP contribution in [0.15, 0.2) is 53.1 Å². The van der Waals surface area contributed by atoms with Gasteiger partial charge in [-0.2, -0.15) is 0 Å². The van der Waals surface area contributed by atoms with Crippen molar-refractivity contribution in [2.75, 3.05) is 38.6 Å². The highest BCUT2D eigenvalue weighted by Gasteiger charge is 2.41. The summed E-state index contributed by atoms with van der Waals surface area (Å²) in [6.45, 7) is 1.87. The number of piperidine rings is 1. The number of fused-ring (bicyclic) bond motifs is 2. The fourth-order valence-corrected chi connectivity index (χ4v) is 5.71. The molecule has 2 aliphatic rings. The van der Waals surface area contributed by atoms with Crippen LogP contribution in [0.3, 0.4) is 0 Å². The number of ether oxygens (including phenoxy) is 1. The number of aliphatic hydroxyl groups excluding tert-OH is 1. The van der Waals surface area contributed by atoms with Gasteiger partial charge >= 0.3 is 0 Å². The lowest BCUT2D eigenvalue weighted by atomic mass is 10.0. The summed E-state index contributed by atoms with van der Waals surface area (Å²) in [5.41, 5.74) is 2.52. The number of pyridine rings is 1. The third-order valence-electron chi connectivity index (χ3n) is 7.51. The molecule has 1 fully saturated rings. The van der Waals surface area contributed by atoms with Gasteiger partial charge in [-0.05, 0) is 69.4 Å². The Morgan fingerprint density at radius 3 is 2.66 bits per heavy atom. The topological polar surface area (TPSA) is 144 Å². The van der Waals surface area contributed by atoms with Gasteiger partial charge in [0, 0.05) is 23.3 Å². The number of imidazole rings is 1. The number of anilines is 1. The molecule has 212 valence electrons. The Morgan fingerprint density at radius 2 is 1.90 bits per heavy atom. The van der Waals surface area contributed by atoms with Crippen molar-refractivity contribution in [1.29, 1.82) is 0 Å². The number of benzene rings is 2. The number of hydrogen-bond acceptors (Lipinski definition) is 9. The second-order valence-electron chi connectivity index (χ2n) is 10.4. The van der Waals surface area contributed by atoms with Crippen molar-refractivity contribution in [3.8, 4) is 23.0 Å². The molecule has 2 amide bonds. The number of carbonyl (C=O) groups is 2. The van der Waals surface area contributed by atoms with Gasteiger partial charge in [0.05, 0.1) is 27.8 Å². The van der Waals surface area contributed by atoms with Crippen LogP contribution >= 0.6 is 15.9 Å². The highest BCUT2D eigenvalue weighted by Crippen LogP contribution is 2.36. The van der Waals surface area contributed by atoms with Gasteiger partial charge in [0.1, 0.15) is 29.8 Å². The summed E-state index contributed by atoms with van der Waals surface area (Å²) in [6.07, 6.45) is 2.10. The van der Waals surface area contributed by atoms with Crippen LogP contribution in [0.1, 0.15) is 33.6 Å². The molecule has 6 rings (SSSR count). The molecule has 2 aromatic carbocycles. The fourth-order valence-electron chi connectivity index (χ4n) is 5.33. The molecular formula is C29H29BrN6O5. The van der Waals surface area contributed by atoms with E-state index >= 15 is 0 Å². The maximum Gasteiger partial charge on any atom is 0.261 e. The summed E-state index contributed by atoms with van der Waals surface area (Å²) >= 11 is 3.39. The molecule has 0 saturated carbocycles. The molecule has 11 nitrogen and oxygen atoms in total. The zero-order valence-corrected chi connectivity index (χ0v) is 23.9. The predicted molar refractivity (Wildman–Crippen MR) is 156 cm³/mol. The Labute approximate surface area is 244 Å². The Balaban J connectivity index is 1.21. The molecule has 0 unspecified atom stereocenters. The van der Waals surface area contributed by atoms with Crippen LogP contribution in [0.4, 0.5) is 5.69 Å². The molecule has 0 aliphatic carbocycles. The number of halogens is 1. The molecule has 4 heterocycles. The van der Waals surface area contributed by atoms with Crippen molar-refractivity contribution in [2.24, 2.45) is 0 Å². The number of aromatic hydroxyl groups is 1. The van der Waals surface area contributed by atoms with Crippen LogP contribution in [-0.4, -0.2) is 92.2 Å². The van der Waals surface area contributed by atoms with E-state index in [1.165, 1.54) is 11.1 Å². The van der Waals surface area contributed by atoms with Crippen molar-refractivity contribution in [1.82, 2.24) is 24.8 Å². The van der Waals surface area contributed by atoms with Gasteiger partial charge in [-0.1, -0.05) is 22.0 Å². The molecule has 1 saturated heterocycles. The average Bonchev–Trinajstić information content (AvgIpc) is 3.47. The monoisotopic (exact) mass is 620 g/mol. The summed E-state index contributed by atoms with van der Waals surface area (Å²) in [5.74, 6) is 0.0898. The van der Waals surface area contributed by atoms with E-state index in [0.29, 0.717) is 45.0 Å². The van der Waals surface area contributed by atoms with E-state index in [4.69, 9.17) is 4.74 Å². The summed E-state index contributed by atoms with van der Waals surface area (Å²) in [5, 5.41) is 24.3. The summed E-state index contributed by atoms with van der Waals surface area (Å²) in [6, 6.07) is 12.2. The van der Waals surface area contributed by atoms with Crippen molar-refractivity contribution in [3.05, 3.63) is 64.3 Å². The number of hydrogen-bond donors (Lipinski definition) is 4. The van der Waals surface area contributed by atoms with Gasteiger partial charge < -0.3 is 30.2 Å². The Morgan fingerprint density at radius 1 is 1.15 bits per heavy atom. The molecule has 0 bridgehead atoms. The number of rotatable bonds is 8. The molecule has 41 heavy (non-hydrogen) atoms. The highest BCUT2D eigenvalue weighted by molar-refractivity contribution is 9.10. The third-order valence-corrected chi connectivity index (χ3v) is 8.00. The Kier molecular flexibility index (Phi) is 7.37. The number of carbonyl (C=O) groups excluding carboxylic acids is 2. The maximum absolute atomic E-state index is 13.3. The number of aromatic amines is 1. The summed E-state index contributed by atoms with van der Waals surface area (Å²) in [4.78, 5) is 42.0. The zero-order chi connectivity index (χ0) is 28.7. The summed E-state index contributed by atoms with van der Waals surface area (Å²) in [7, 11) is 2.03. The molecule has 4 aromatic rings. The molecule has 4 N–H and O–H groups in total. The third kappa shape index (κ3) is 5.37. The number of aliphatic hydroxyl groups is 1. The van der Waals surface area contributed by atoms with Crippen LogP contribution in [0.25, 0.3) is 22.4 Å². The second kappa shape index (κ2) is 11.1. The Hall–Kier alpha value is -4.00. The minimum atomic E-state index is -0.847. The lowest BCUT2D eigenvalue weighted by Gasteiger charge is -2.33. The number of aromatic nitrogens is 3. The number of nitrogens with one attached hydrogen (secondary N) is 2. The van der Waals surface area contributed by atoms with Crippen LogP contribution in [0, 0.1) is 0 Å². The van der Waals surface area contributed by atoms with Gasteiger partial charge in [0.25, 0.3) is 11.8 Å². The maximum atomic E-state index is 13.3. The van der Waals surface area contributed by atoms with Crippen molar-refractivity contribution >= 4 is 44.5 Å². The standard InChI is InChI=1S/C29H29BrN6O5/c1-35-9-6-17(7-10-35)36-28(39)20-12-23-24(13-21(20)29(36)40)34-26(33-23)25-22(5-8-31-27(25)38)32-14-18(37)15-41-19-4-2-3-16(30)11-19/h2-5,8,11-13,17-18,37H,6-7,9-10,14-15H2,1H3,(H,33,34)(H2,31,32,38)/t18-/m1/s1. The average molecular weight is 621 g/mol.